The third kappa shape index (κ3) is 4.03. The molecule has 0 unspecified atom stereocenters. The molecule has 1 aromatic carbocycles. The summed E-state index contributed by atoms with van der Waals surface area (Å²) in [5.74, 6) is 0.419. The van der Waals surface area contributed by atoms with Gasteiger partial charge >= 0.3 is 0 Å². The lowest BCUT2D eigenvalue weighted by atomic mass is 10.1. The number of carbonyl (C=O) groups excluding carboxylic acids is 2. The van der Waals surface area contributed by atoms with Crippen LogP contribution in [-0.4, -0.2) is 23.3 Å². The minimum absolute atomic E-state index is 0.128. The molecule has 3 aromatic rings. The number of benzene rings is 1. The summed E-state index contributed by atoms with van der Waals surface area (Å²) in [5, 5.41) is 3.73. The molecule has 2 amide bonds. The summed E-state index contributed by atoms with van der Waals surface area (Å²) in [7, 11) is 0. The number of furan rings is 1. The molecule has 0 aliphatic rings. The van der Waals surface area contributed by atoms with Gasteiger partial charge in [0.25, 0.3) is 0 Å². The van der Waals surface area contributed by atoms with E-state index in [0.29, 0.717) is 18.0 Å². The molecule has 0 aliphatic carbocycles. The van der Waals surface area contributed by atoms with Crippen LogP contribution in [0.5, 0.6) is 0 Å². The van der Waals surface area contributed by atoms with Crippen molar-refractivity contribution < 1.29 is 14.0 Å². The molecule has 0 bridgehead atoms. The Kier molecular flexibility index (Phi) is 5.09. The molecule has 0 atom stereocenters. The van der Waals surface area contributed by atoms with Crippen LogP contribution in [0.4, 0.5) is 5.69 Å². The van der Waals surface area contributed by atoms with Crippen molar-refractivity contribution in [1.82, 2.24) is 10.3 Å². The Balaban J connectivity index is 1.69. The monoisotopic (exact) mass is 337 g/mol. The highest BCUT2D eigenvalue weighted by Crippen LogP contribution is 2.25. The Labute approximate surface area is 145 Å². The predicted octanol–water partition coefficient (Wildman–Crippen LogP) is 2.89. The summed E-state index contributed by atoms with van der Waals surface area (Å²) in [4.78, 5) is 30.1. The highest BCUT2D eigenvalue weighted by atomic mass is 16.3. The van der Waals surface area contributed by atoms with Gasteiger partial charge in [0.05, 0.1) is 24.0 Å². The second-order valence-electron chi connectivity index (χ2n) is 5.63. The van der Waals surface area contributed by atoms with E-state index in [1.165, 1.54) is 6.92 Å². The van der Waals surface area contributed by atoms with Crippen LogP contribution in [0.3, 0.4) is 0 Å². The average Bonchev–Trinajstić information content (AvgIpc) is 3.13. The average molecular weight is 337 g/mol. The molecule has 6 nitrogen and oxygen atoms in total. The first-order chi connectivity index (χ1) is 12.1. The van der Waals surface area contributed by atoms with Crippen molar-refractivity contribution in [2.45, 2.75) is 19.9 Å². The fourth-order valence-electron chi connectivity index (χ4n) is 2.65. The van der Waals surface area contributed by atoms with E-state index >= 15 is 0 Å². The number of rotatable bonds is 6. The minimum atomic E-state index is -0.143. The number of para-hydroxylation sites is 1. The molecule has 2 heterocycles. The molecule has 2 aromatic heterocycles. The second-order valence-corrected chi connectivity index (χ2v) is 5.63. The molecular weight excluding hydrogens is 318 g/mol. The van der Waals surface area contributed by atoms with Crippen molar-refractivity contribution in [3.05, 3.63) is 60.7 Å². The maximum atomic E-state index is 12.1. The first kappa shape index (κ1) is 16.7. The first-order valence-corrected chi connectivity index (χ1v) is 8.06. The van der Waals surface area contributed by atoms with Gasteiger partial charge in [-0.2, -0.15) is 0 Å². The van der Waals surface area contributed by atoms with E-state index in [1.807, 2.05) is 30.3 Å². The third-order valence-corrected chi connectivity index (χ3v) is 3.88. The third-order valence-electron chi connectivity index (χ3n) is 3.88. The van der Waals surface area contributed by atoms with Gasteiger partial charge in [0.1, 0.15) is 5.76 Å². The molecule has 0 saturated carbocycles. The molecule has 0 fully saturated rings. The molecule has 0 aliphatic heterocycles. The van der Waals surface area contributed by atoms with Crippen molar-refractivity contribution in [3.8, 4) is 0 Å². The van der Waals surface area contributed by atoms with Gasteiger partial charge in [-0.3, -0.25) is 14.6 Å². The number of hydrogen-bond acceptors (Lipinski definition) is 4. The van der Waals surface area contributed by atoms with Crippen LogP contribution >= 0.6 is 0 Å². The molecule has 0 radical (unpaired) electrons. The quantitative estimate of drug-likeness (QED) is 0.750. The fourth-order valence-corrected chi connectivity index (χ4v) is 2.65. The van der Waals surface area contributed by atoms with Crippen LogP contribution in [0.1, 0.15) is 19.1 Å². The number of anilines is 1. The predicted molar refractivity (Wildman–Crippen MR) is 94.9 cm³/mol. The zero-order valence-corrected chi connectivity index (χ0v) is 13.9. The van der Waals surface area contributed by atoms with Gasteiger partial charge < -0.3 is 14.6 Å². The van der Waals surface area contributed by atoms with E-state index in [2.05, 4.69) is 10.3 Å². The van der Waals surface area contributed by atoms with Crippen molar-refractivity contribution in [3.63, 3.8) is 0 Å². The summed E-state index contributed by atoms with van der Waals surface area (Å²) >= 11 is 0. The van der Waals surface area contributed by atoms with E-state index in [-0.39, 0.29) is 24.8 Å². The van der Waals surface area contributed by atoms with E-state index in [9.17, 15) is 9.59 Å². The van der Waals surface area contributed by atoms with Gasteiger partial charge in [-0.05, 0) is 24.3 Å². The fraction of sp³-hybridized carbons (Fsp3) is 0.211. The van der Waals surface area contributed by atoms with E-state index in [1.54, 1.807) is 29.5 Å². The Hall–Kier alpha value is -3.15. The number of amides is 2. The second kappa shape index (κ2) is 7.61. The van der Waals surface area contributed by atoms with Crippen LogP contribution in [0.25, 0.3) is 10.9 Å². The van der Waals surface area contributed by atoms with Gasteiger partial charge in [0.15, 0.2) is 0 Å². The Morgan fingerprint density at radius 1 is 1.16 bits per heavy atom. The lowest BCUT2D eigenvalue weighted by Crippen LogP contribution is -2.33. The molecule has 3 rings (SSSR count). The van der Waals surface area contributed by atoms with E-state index in [4.69, 9.17) is 4.42 Å². The van der Waals surface area contributed by atoms with Crippen molar-refractivity contribution in [2.24, 2.45) is 0 Å². The minimum Gasteiger partial charge on any atom is -0.467 e. The topological polar surface area (TPSA) is 75.4 Å². The molecule has 128 valence electrons. The molecule has 1 N–H and O–H groups in total. The lowest BCUT2D eigenvalue weighted by Gasteiger charge is -2.22. The smallest absolute Gasteiger partial charge is 0.223 e. The van der Waals surface area contributed by atoms with Gasteiger partial charge in [0, 0.05) is 31.5 Å². The van der Waals surface area contributed by atoms with Crippen LogP contribution in [0, 0.1) is 0 Å². The highest BCUT2D eigenvalue weighted by Gasteiger charge is 2.16. The summed E-state index contributed by atoms with van der Waals surface area (Å²) in [5.41, 5.74) is 1.46. The molecule has 0 spiro atoms. The maximum absolute atomic E-state index is 12.1. The van der Waals surface area contributed by atoms with Gasteiger partial charge in [-0.25, -0.2) is 0 Å². The molecular formula is C19H19N3O3. The molecule has 25 heavy (non-hydrogen) atoms. The number of hydrogen-bond donors (Lipinski definition) is 1. The summed E-state index contributed by atoms with van der Waals surface area (Å²) < 4.78 is 5.18. The van der Waals surface area contributed by atoms with E-state index in [0.717, 1.165) is 10.9 Å². The number of pyridine rings is 1. The van der Waals surface area contributed by atoms with Crippen molar-refractivity contribution in [1.29, 1.82) is 0 Å². The first-order valence-electron chi connectivity index (χ1n) is 8.06. The van der Waals surface area contributed by atoms with Crippen LogP contribution in [-0.2, 0) is 16.1 Å². The number of carbonyl (C=O) groups is 2. The summed E-state index contributed by atoms with van der Waals surface area (Å²) in [6.07, 6.45) is 3.45. The standard InChI is InChI=1S/C19H19N3O3/c1-14(23)22(11-9-18(24)21-13-16-7-4-12-25-16)17-8-2-5-15-6-3-10-20-19(15)17/h2-8,10,12H,9,11,13H2,1H3,(H,21,24). The summed E-state index contributed by atoms with van der Waals surface area (Å²) in [6, 6.07) is 13.0. The van der Waals surface area contributed by atoms with E-state index < -0.39 is 0 Å². The number of aromatic nitrogens is 1. The van der Waals surface area contributed by atoms with Crippen LogP contribution < -0.4 is 10.2 Å². The normalized spacial score (nSPS) is 10.6. The largest absolute Gasteiger partial charge is 0.467 e. The Bertz CT molecular complexity index is 869. The number of fused-ring (bicyclic) bond motifs is 1. The molecule has 6 heteroatoms. The van der Waals surface area contributed by atoms with Crippen LogP contribution in [0.2, 0.25) is 0 Å². The number of nitrogens with one attached hydrogen (secondary N) is 1. The van der Waals surface area contributed by atoms with Gasteiger partial charge in [-0.15, -0.1) is 0 Å². The Morgan fingerprint density at radius 2 is 2.00 bits per heavy atom. The maximum Gasteiger partial charge on any atom is 0.223 e. The zero-order valence-electron chi connectivity index (χ0n) is 13.9. The summed E-state index contributed by atoms with van der Waals surface area (Å²) in [6.45, 7) is 2.11. The lowest BCUT2D eigenvalue weighted by molar-refractivity contribution is -0.121. The van der Waals surface area contributed by atoms with Crippen molar-refractivity contribution >= 4 is 28.4 Å². The van der Waals surface area contributed by atoms with Gasteiger partial charge in [0.2, 0.25) is 11.8 Å². The highest BCUT2D eigenvalue weighted by molar-refractivity contribution is 6.01. The van der Waals surface area contributed by atoms with Crippen molar-refractivity contribution in [2.75, 3.05) is 11.4 Å². The Morgan fingerprint density at radius 3 is 2.76 bits per heavy atom. The number of nitrogens with zero attached hydrogens (tertiary/aromatic N) is 2. The van der Waals surface area contributed by atoms with Gasteiger partial charge in [-0.1, -0.05) is 18.2 Å². The van der Waals surface area contributed by atoms with Crippen LogP contribution in [0.15, 0.2) is 59.3 Å². The SMILES string of the molecule is CC(=O)N(CCC(=O)NCc1ccco1)c1cccc2cccnc12. The molecule has 0 saturated heterocycles. The zero-order chi connectivity index (χ0) is 17.6.